The largest absolute Gasteiger partial charge is 0.352 e. The summed E-state index contributed by atoms with van der Waals surface area (Å²) in [5.74, 6) is -0.158. The Morgan fingerprint density at radius 2 is 2.00 bits per heavy atom. The van der Waals surface area contributed by atoms with Gasteiger partial charge in [0.15, 0.2) is 0 Å². The van der Waals surface area contributed by atoms with Crippen LogP contribution in [-0.2, 0) is 9.59 Å². The van der Waals surface area contributed by atoms with Gasteiger partial charge in [0.05, 0.1) is 12.0 Å². The van der Waals surface area contributed by atoms with Crippen molar-refractivity contribution in [3.8, 4) is 0 Å². The molecule has 2 amide bonds. The van der Waals surface area contributed by atoms with E-state index >= 15 is 0 Å². The molecule has 0 unspecified atom stereocenters. The summed E-state index contributed by atoms with van der Waals surface area (Å²) in [5.41, 5.74) is 5.22. The van der Waals surface area contributed by atoms with E-state index in [1.165, 1.54) is 0 Å². The maximum absolute atomic E-state index is 11.8. The molecule has 5 heteroatoms. The van der Waals surface area contributed by atoms with Gasteiger partial charge >= 0.3 is 0 Å². The van der Waals surface area contributed by atoms with Crippen LogP contribution in [0.4, 0.5) is 0 Å². The summed E-state index contributed by atoms with van der Waals surface area (Å²) in [7, 11) is 0. The van der Waals surface area contributed by atoms with Gasteiger partial charge in [0.2, 0.25) is 11.8 Å². The highest BCUT2D eigenvalue weighted by molar-refractivity contribution is 5.88. The monoisotopic (exact) mass is 225 g/mol. The number of nitrogens with one attached hydrogen (secondary N) is 2. The highest BCUT2D eigenvalue weighted by Gasteiger charge is 2.42. The van der Waals surface area contributed by atoms with E-state index in [9.17, 15) is 9.59 Å². The van der Waals surface area contributed by atoms with Crippen molar-refractivity contribution in [3.05, 3.63) is 0 Å². The van der Waals surface area contributed by atoms with Crippen molar-refractivity contribution in [2.75, 3.05) is 13.1 Å². The fourth-order valence-corrected chi connectivity index (χ4v) is 1.98. The molecule has 0 heterocycles. The second kappa shape index (κ2) is 4.41. The first-order chi connectivity index (χ1) is 7.66. The van der Waals surface area contributed by atoms with Crippen LogP contribution in [-0.4, -0.2) is 30.9 Å². The second-order valence-corrected chi connectivity index (χ2v) is 4.86. The van der Waals surface area contributed by atoms with E-state index in [2.05, 4.69) is 10.6 Å². The van der Waals surface area contributed by atoms with Crippen LogP contribution in [0.25, 0.3) is 0 Å². The van der Waals surface area contributed by atoms with Crippen molar-refractivity contribution in [2.45, 2.75) is 38.1 Å². The molecule has 0 spiro atoms. The van der Waals surface area contributed by atoms with Crippen LogP contribution in [0, 0.1) is 5.41 Å². The number of rotatable bonds is 5. The van der Waals surface area contributed by atoms with E-state index < -0.39 is 0 Å². The van der Waals surface area contributed by atoms with Crippen molar-refractivity contribution in [1.29, 1.82) is 0 Å². The molecule has 0 radical (unpaired) electrons. The van der Waals surface area contributed by atoms with Gasteiger partial charge in [0.25, 0.3) is 0 Å². The number of nitrogens with two attached hydrogens (primary N) is 1. The molecule has 2 aliphatic rings. The predicted molar refractivity (Wildman–Crippen MR) is 59.5 cm³/mol. The van der Waals surface area contributed by atoms with Crippen molar-refractivity contribution in [3.63, 3.8) is 0 Å². The summed E-state index contributed by atoms with van der Waals surface area (Å²) in [5, 5.41) is 5.51. The topological polar surface area (TPSA) is 84.2 Å². The van der Waals surface area contributed by atoms with E-state index in [4.69, 9.17) is 5.73 Å². The van der Waals surface area contributed by atoms with Crippen LogP contribution in [0.15, 0.2) is 0 Å². The van der Waals surface area contributed by atoms with Crippen LogP contribution < -0.4 is 16.4 Å². The quantitative estimate of drug-likeness (QED) is 0.590. The Hall–Kier alpha value is -1.10. The molecule has 0 aromatic heterocycles. The first-order valence-electron chi connectivity index (χ1n) is 5.94. The van der Waals surface area contributed by atoms with Crippen LogP contribution in [0.5, 0.6) is 0 Å². The van der Waals surface area contributed by atoms with Gasteiger partial charge in [-0.3, -0.25) is 9.59 Å². The molecule has 16 heavy (non-hydrogen) atoms. The minimum atomic E-state index is -0.389. The number of carbonyl (C=O) groups excluding carboxylic acids is 2. The molecule has 2 aliphatic carbocycles. The third-order valence-electron chi connectivity index (χ3n) is 3.54. The molecule has 2 saturated carbocycles. The molecule has 0 atom stereocenters. The summed E-state index contributed by atoms with van der Waals surface area (Å²) >= 11 is 0. The van der Waals surface area contributed by atoms with Crippen molar-refractivity contribution >= 4 is 11.8 Å². The maximum Gasteiger partial charge on any atom is 0.239 e. The Balaban J connectivity index is 1.71. The average Bonchev–Trinajstić information content (AvgIpc) is 2.98. The van der Waals surface area contributed by atoms with Crippen LogP contribution in [0.2, 0.25) is 0 Å². The molecule has 4 N–H and O–H groups in total. The Morgan fingerprint density at radius 1 is 1.31 bits per heavy atom. The lowest BCUT2D eigenvalue weighted by Gasteiger charge is -2.38. The van der Waals surface area contributed by atoms with E-state index in [-0.39, 0.29) is 23.8 Å². The second-order valence-electron chi connectivity index (χ2n) is 4.86. The minimum Gasteiger partial charge on any atom is -0.352 e. The van der Waals surface area contributed by atoms with Gasteiger partial charge in [-0.05, 0) is 25.7 Å². The third kappa shape index (κ3) is 2.35. The van der Waals surface area contributed by atoms with Gasteiger partial charge in [0, 0.05) is 12.6 Å². The van der Waals surface area contributed by atoms with Gasteiger partial charge in [-0.15, -0.1) is 0 Å². The molecular weight excluding hydrogens is 206 g/mol. The summed E-state index contributed by atoms with van der Waals surface area (Å²) < 4.78 is 0. The highest BCUT2D eigenvalue weighted by atomic mass is 16.2. The first kappa shape index (κ1) is 11.4. The molecule has 2 rings (SSSR count). The molecule has 90 valence electrons. The SMILES string of the molecule is NCC1(C(=O)NCC(=O)NC2CC2)CCC1. The smallest absolute Gasteiger partial charge is 0.239 e. The fourth-order valence-electron chi connectivity index (χ4n) is 1.98. The van der Waals surface area contributed by atoms with Gasteiger partial charge < -0.3 is 16.4 Å². The van der Waals surface area contributed by atoms with Gasteiger partial charge in [-0.1, -0.05) is 6.42 Å². The fraction of sp³-hybridized carbons (Fsp3) is 0.818. The summed E-state index contributed by atoms with van der Waals surface area (Å²) in [4.78, 5) is 23.2. The molecule has 0 saturated heterocycles. The van der Waals surface area contributed by atoms with Crippen molar-refractivity contribution in [1.82, 2.24) is 10.6 Å². The van der Waals surface area contributed by atoms with Gasteiger partial charge in [0.1, 0.15) is 0 Å². The molecule has 0 aliphatic heterocycles. The molecule has 0 bridgehead atoms. The Morgan fingerprint density at radius 3 is 2.44 bits per heavy atom. The van der Waals surface area contributed by atoms with Crippen LogP contribution in [0.3, 0.4) is 0 Å². The zero-order valence-corrected chi connectivity index (χ0v) is 9.42. The summed E-state index contributed by atoms with van der Waals surface area (Å²) in [6.07, 6.45) is 4.87. The highest BCUT2D eigenvalue weighted by Crippen LogP contribution is 2.39. The molecular formula is C11H19N3O2. The predicted octanol–water partition coefficient (Wildman–Crippen LogP) is -0.490. The average molecular weight is 225 g/mol. The lowest BCUT2D eigenvalue weighted by Crippen LogP contribution is -2.52. The Kier molecular flexibility index (Phi) is 3.14. The van der Waals surface area contributed by atoms with Crippen LogP contribution in [0.1, 0.15) is 32.1 Å². The number of hydrogen-bond donors (Lipinski definition) is 3. The van der Waals surface area contributed by atoms with Crippen LogP contribution >= 0.6 is 0 Å². The lowest BCUT2D eigenvalue weighted by molar-refractivity contribution is -0.136. The van der Waals surface area contributed by atoms with Gasteiger partial charge in [-0.25, -0.2) is 0 Å². The first-order valence-corrected chi connectivity index (χ1v) is 5.94. The van der Waals surface area contributed by atoms with Crippen molar-refractivity contribution in [2.24, 2.45) is 11.1 Å². The van der Waals surface area contributed by atoms with E-state index in [1.54, 1.807) is 0 Å². The van der Waals surface area contributed by atoms with Crippen molar-refractivity contribution < 1.29 is 9.59 Å². The number of carbonyl (C=O) groups is 2. The standard InChI is InChI=1S/C11H19N3O2/c12-7-11(4-1-5-11)10(16)13-6-9(15)14-8-2-3-8/h8H,1-7,12H2,(H,13,16)(H,14,15). The molecule has 2 fully saturated rings. The zero-order chi connectivity index (χ0) is 11.6. The maximum atomic E-state index is 11.8. The number of amides is 2. The normalized spacial score (nSPS) is 22.1. The Bertz CT molecular complexity index is 290. The minimum absolute atomic E-state index is 0.0628. The summed E-state index contributed by atoms with van der Waals surface area (Å²) in [6, 6.07) is 0.344. The van der Waals surface area contributed by atoms with E-state index in [0.29, 0.717) is 12.6 Å². The van der Waals surface area contributed by atoms with Gasteiger partial charge in [-0.2, -0.15) is 0 Å². The zero-order valence-electron chi connectivity index (χ0n) is 9.42. The Labute approximate surface area is 95.1 Å². The molecule has 0 aromatic carbocycles. The number of hydrogen-bond acceptors (Lipinski definition) is 3. The molecule has 0 aromatic rings. The van der Waals surface area contributed by atoms with E-state index in [0.717, 1.165) is 32.1 Å². The summed E-state index contributed by atoms with van der Waals surface area (Å²) in [6.45, 7) is 0.458. The van der Waals surface area contributed by atoms with E-state index in [1.807, 2.05) is 0 Å². The third-order valence-corrected chi connectivity index (χ3v) is 3.54. The molecule has 5 nitrogen and oxygen atoms in total. The lowest BCUT2D eigenvalue weighted by atomic mass is 9.68.